The first-order chi connectivity index (χ1) is 11.2. The maximum atomic E-state index is 12.3. The van der Waals surface area contributed by atoms with E-state index in [1.54, 1.807) is 24.3 Å². The maximum absolute atomic E-state index is 12.3. The molecule has 0 aliphatic carbocycles. The van der Waals surface area contributed by atoms with Gasteiger partial charge in [0.15, 0.2) is 0 Å². The van der Waals surface area contributed by atoms with Gasteiger partial charge in [0.1, 0.15) is 0 Å². The van der Waals surface area contributed by atoms with Crippen LogP contribution in [-0.4, -0.2) is 23.9 Å². The Kier molecular flexibility index (Phi) is 5.90. The van der Waals surface area contributed by atoms with E-state index in [2.05, 4.69) is 30.1 Å². The van der Waals surface area contributed by atoms with Crippen molar-refractivity contribution in [1.82, 2.24) is 4.90 Å². The minimum absolute atomic E-state index is 0.172. The summed E-state index contributed by atoms with van der Waals surface area (Å²) in [6, 6.07) is 16.6. The fourth-order valence-electron chi connectivity index (χ4n) is 2.34. The number of rotatable bonds is 6. The molecular weight excluding hydrogens is 286 g/mol. The normalized spacial score (nSPS) is 10.3. The monoisotopic (exact) mass is 307 g/mol. The molecule has 0 aliphatic rings. The summed E-state index contributed by atoms with van der Waals surface area (Å²) in [6.07, 6.45) is 0. The second-order valence-corrected chi connectivity index (χ2v) is 5.31. The number of nitrogens with zero attached hydrogens (tertiary/aromatic N) is 2. The summed E-state index contributed by atoms with van der Waals surface area (Å²) in [6.45, 7) is 7.18. The average molecular weight is 307 g/mol. The highest BCUT2D eigenvalue weighted by Gasteiger charge is 2.07. The predicted molar refractivity (Wildman–Crippen MR) is 92.2 cm³/mol. The standard InChI is InChI=1S/C19H21N3O/c1-3-22(4-2)14-15-8-10-17(11-9-15)19(23)21-18-7-5-6-16(12-18)13-20/h5-12H,3-4,14H2,1-2H3,(H,21,23). The van der Waals surface area contributed by atoms with Crippen molar-refractivity contribution in [3.8, 4) is 6.07 Å². The van der Waals surface area contributed by atoms with E-state index in [0.717, 1.165) is 19.6 Å². The van der Waals surface area contributed by atoms with Gasteiger partial charge in [-0.1, -0.05) is 32.0 Å². The van der Waals surface area contributed by atoms with Crippen molar-refractivity contribution in [3.05, 3.63) is 65.2 Å². The summed E-state index contributed by atoms with van der Waals surface area (Å²) >= 11 is 0. The van der Waals surface area contributed by atoms with Crippen LogP contribution in [0.15, 0.2) is 48.5 Å². The van der Waals surface area contributed by atoms with Crippen molar-refractivity contribution in [2.45, 2.75) is 20.4 Å². The van der Waals surface area contributed by atoms with Crippen molar-refractivity contribution >= 4 is 11.6 Å². The lowest BCUT2D eigenvalue weighted by atomic mass is 10.1. The summed E-state index contributed by atoms with van der Waals surface area (Å²) in [5.74, 6) is -0.172. The molecule has 0 heterocycles. The van der Waals surface area contributed by atoms with E-state index < -0.39 is 0 Å². The van der Waals surface area contributed by atoms with Crippen LogP contribution >= 0.6 is 0 Å². The van der Waals surface area contributed by atoms with Crippen molar-refractivity contribution in [1.29, 1.82) is 5.26 Å². The first-order valence-electron chi connectivity index (χ1n) is 7.79. The van der Waals surface area contributed by atoms with Gasteiger partial charge in [0, 0.05) is 17.8 Å². The Morgan fingerprint density at radius 3 is 2.43 bits per heavy atom. The molecule has 23 heavy (non-hydrogen) atoms. The highest BCUT2D eigenvalue weighted by atomic mass is 16.1. The van der Waals surface area contributed by atoms with Crippen molar-refractivity contribution in [3.63, 3.8) is 0 Å². The number of carbonyl (C=O) groups excluding carboxylic acids is 1. The number of anilines is 1. The van der Waals surface area contributed by atoms with E-state index >= 15 is 0 Å². The van der Waals surface area contributed by atoms with E-state index in [9.17, 15) is 4.79 Å². The first-order valence-corrected chi connectivity index (χ1v) is 7.79. The third-order valence-corrected chi connectivity index (χ3v) is 3.77. The third kappa shape index (κ3) is 4.67. The minimum atomic E-state index is -0.172. The summed E-state index contributed by atoms with van der Waals surface area (Å²) < 4.78 is 0. The van der Waals surface area contributed by atoms with Gasteiger partial charge in [-0.25, -0.2) is 0 Å². The van der Waals surface area contributed by atoms with Crippen molar-refractivity contribution in [2.24, 2.45) is 0 Å². The smallest absolute Gasteiger partial charge is 0.255 e. The molecule has 0 aromatic heterocycles. The molecule has 0 fully saturated rings. The molecule has 4 nitrogen and oxygen atoms in total. The van der Waals surface area contributed by atoms with E-state index in [1.807, 2.05) is 24.3 Å². The Morgan fingerprint density at radius 2 is 1.83 bits per heavy atom. The maximum Gasteiger partial charge on any atom is 0.255 e. The number of nitrogens with one attached hydrogen (secondary N) is 1. The number of benzene rings is 2. The zero-order valence-electron chi connectivity index (χ0n) is 13.5. The fraction of sp³-hybridized carbons (Fsp3) is 0.263. The van der Waals surface area contributed by atoms with E-state index in [4.69, 9.17) is 5.26 Å². The SMILES string of the molecule is CCN(CC)Cc1ccc(C(=O)Nc2cccc(C#N)c2)cc1. The predicted octanol–water partition coefficient (Wildman–Crippen LogP) is 3.65. The minimum Gasteiger partial charge on any atom is -0.322 e. The largest absolute Gasteiger partial charge is 0.322 e. The van der Waals surface area contributed by atoms with Gasteiger partial charge in [-0.2, -0.15) is 5.26 Å². The first kappa shape index (κ1) is 16.7. The fourth-order valence-corrected chi connectivity index (χ4v) is 2.34. The average Bonchev–Trinajstić information content (AvgIpc) is 2.60. The molecule has 0 bridgehead atoms. The zero-order chi connectivity index (χ0) is 16.7. The van der Waals surface area contributed by atoms with Gasteiger partial charge in [-0.15, -0.1) is 0 Å². The molecule has 4 heteroatoms. The number of amides is 1. The van der Waals surface area contributed by atoms with Gasteiger partial charge in [0.2, 0.25) is 0 Å². The van der Waals surface area contributed by atoms with Crippen LogP contribution in [0.25, 0.3) is 0 Å². The van der Waals surface area contributed by atoms with E-state index in [-0.39, 0.29) is 5.91 Å². The van der Waals surface area contributed by atoms with Crippen molar-refractivity contribution in [2.75, 3.05) is 18.4 Å². The molecular formula is C19H21N3O. The Hall–Kier alpha value is -2.64. The summed E-state index contributed by atoms with van der Waals surface area (Å²) in [5, 5.41) is 11.7. The van der Waals surface area contributed by atoms with Crippen LogP contribution in [0.2, 0.25) is 0 Å². The molecule has 2 aromatic carbocycles. The summed E-state index contributed by atoms with van der Waals surface area (Å²) in [7, 11) is 0. The molecule has 2 aromatic rings. The van der Waals surface area contributed by atoms with Crippen LogP contribution in [0, 0.1) is 11.3 Å². The molecule has 0 radical (unpaired) electrons. The zero-order valence-corrected chi connectivity index (χ0v) is 13.5. The lowest BCUT2D eigenvalue weighted by Gasteiger charge is -2.18. The Balaban J connectivity index is 2.04. The molecule has 0 saturated carbocycles. The van der Waals surface area contributed by atoms with Crippen LogP contribution in [0.5, 0.6) is 0 Å². The Labute approximate surface area is 137 Å². The number of hydrogen-bond acceptors (Lipinski definition) is 3. The van der Waals surface area contributed by atoms with Gasteiger partial charge in [0.05, 0.1) is 11.6 Å². The molecule has 2 rings (SSSR count). The Bertz CT molecular complexity index is 697. The third-order valence-electron chi connectivity index (χ3n) is 3.77. The lowest BCUT2D eigenvalue weighted by Crippen LogP contribution is -2.22. The molecule has 0 unspecified atom stereocenters. The van der Waals surface area contributed by atoms with E-state index in [1.165, 1.54) is 5.56 Å². The van der Waals surface area contributed by atoms with Crippen LogP contribution < -0.4 is 5.32 Å². The van der Waals surface area contributed by atoms with Crippen LogP contribution in [0.3, 0.4) is 0 Å². The molecule has 1 amide bonds. The molecule has 0 atom stereocenters. The summed E-state index contributed by atoms with van der Waals surface area (Å²) in [5.41, 5.74) is 2.95. The number of nitriles is 1. The highest BCUT2D eigenvalue weighted by molar-refractivity contribution is 6.04. The number of carbonyl (C=O) groups is 1. The topological polar surface area (TPSA) is 56.1 Å². The van der Waals surface area contributed by atoms with Crippen LogP contribution in [-0.2, 0) is 6.54 Å². The van der Waals surface area contributed by atoms with Crippen LogP contribution in [0.1, 0.15) is 35.3 Å². The van der Waals surface area contributed by atoms with Gasteiger partial charge in [0.25, 0.3) is 5.91 Å². The molecule has 118 valence electrons. The molecule has 0 spiro atoms. The second kappa shape index (κ2) is 8.11. The molecule has 0 aliphatic heterocycles. The van der Waals surface area contributed by atoms with E-state index in [0.29, 0.717) is 16.8 Å². The second-order valence-electron chi connectivity index (χ2n) is 5.31. The Morgan fingerprint density at radius 1 is 1.13 bits per heavy atom. The molecule has 1 N–H and O–H groups in total. The van der Waals surface area contributed by atoms with Crippen LogP contribution in [0.4, 0.5) is 5.69 Å². The van der Waals surface area contributed by atoms with Gasteiger partial charge < -0.3 is 5.32 Å². The van der Waals surface area contributed by atoms with Gasteiger partial charge in [-0.05, 0) is 49.0 Å². The number of hydrogen-bond donors (Lipinski definition) is 1. The highest BCUT2D eigenvalue weighted by Crippen LogP contribution is 2.13. The lowest BCUT2D eigenvalue weighted by molar-refractivity contribution is 0.102. The van der Waals surface area contributed by atoms with Gasteiger partial charge in [-0.3, -0.25) is 9.69 Å². The van der Waals surface area contributed by atoms with Gasteiger partial charge >= 0.3 is 0 Å². The van der Waals surface area contributed by atoms with Crippen molar-refractivity contribution < 1.29 is 4.79 Å². The summed E-state index contributed by atoms with van der Waals surface area (Å²) in [4.78, 5) is 14.6. The quantitative estimate of drug-likeness (QED) is 0.886. The molecule has 0 saturated heterocycles.